The van der Waals surface area contributed by atoms with E-state index < -0.39 is 12.1 Å². The van der Waals surface area contributed by atoms with E-state index in [0.717, 1.165) is 44.9 Å². The van der Waals surface area contributed by atoms with Gasteiger partial charge in [-0.2, -0.15) is 0 Å². The van der Waals surface area contributed by atoms with Crippen LogP contribution in [0.1, 0.15) is 78.1 Å². The Morgan fingerprint density at radius 2 is 1.89 bits per heavy atom. The van der Waals surface area contributed by atoms with Crippen LogP contribution >= 0.6 is 0 Å². The van der Waals surface area contributed by atoms with Crippen LogP contribution in [-0.2, 0) is 9.59 Å². The number of aliphatic carboxylic acids is 1. The van der Waals surface area contributed by atoms with Crippen molar-refractivity contribution in [1.82, 2.24) is 5.32 Å². The summed E-state index contributed by atoms with van der Waals surface area (Å²) >= 11 is 0. The van der Waals surface area contributed by atoms with Crippen LogP contribution in [-0.4, -0.2) is 34.2 Å². The summed E-state index contributed by atoms with van der Waals surface area (Å²) in [6.07, 6.45) is 12.4. The van der Waals surface area contributed by atoms with Gasteiger partial charge < -0.3 is 15.5 Å². The van der Waals surface area contributed by atoms with Crippen LogP contribution in [0.2, 0.25) is 0 Å². The Morgan fingerprint density at radius 3 is 2.54 bits per heavy atom. The third-order valence-corrected chi connectivity index (χ3v) is 7.90. The van der Waals surface area contributed by atoms with Crippen LogP contribution in [0.25, 0.3) is 0 Å². The summed E-state index contributed by atoms with van der Waals surface area (Å²) in [5.74, 6) is 0.863. The summed E-state index contributed by atoms with van der Waals surface area (Å²) in [5, 5.41) is 22.4. The topological polar surface area (TPSA) is 86.6 Å². The lowest BCUT2D eigenvalue weighted by Gasteiger charge is -2.62. The number of unbranched alkanes of at least 4 members (excludes halogenated alkanes) is 1. The molecule has 0 aliphatic heterocycles. The monoisotopic (exact) mass is 391 g/mol. The van der Waals surface area contributed by atoms with Crippen LogP contribution in [0.3, 0.4) is 0 Å². The summed E-state index contributed by atoms with van der Waals surface area (Å²) in [5.41, 5.74) is 0.326. The maximum Gasteiger partial charge on any atom is 0.303 e. The van der Waals surface area contributed by atoms with E-state index >= 15 is 0 Å². The second-order valence-corrected chi connectivity index (χ2v) is 9.86. The molecule has 0 aromatic carbocycles. The molecule has 0 unspecified atom stereocenters. The molecule has 0 spiro atoms. The zero-order valence-corrected chi connectivity index (χ0v) is 17.4. The van der Waals surface area contributed by atoms with Gasteiger partial charge in [0.25, 0.3) is 0 Å². The van der Waals surface area contributed by atoms with Gasteiger partial charge in [-0.25, -0.2) is 0 Å². The Morgan fingerprint density at radius 1 is 1.18 bits per heavy atom. The summed E-state index contributed by atoms with van der Waals surface area (Å²) in [6.45, 7) is 4.70. The predicted octanol–water partition coefficient (Wildman–Crippen LogP) is 3.91. The zero-order chi connectivity index (χ0) is 20.3. The maximum absolute atomic E-state index is 12.7. The molecule has 0 aromatic rings. The molecule has 0 saturated heterocycles. The normalized spacial score (nSPS) is 32.8. The molecule has 0 radical (unpaired) electrons. The largest absolute Gasteiger partial charge is 0.481 e. The van der Waals surface area contributed by atoms with Crippen LogP contribution < -0.4 is 5.32 Å². The predicted molar refractivity (Wildman–Crippen MR) is 109 cm³/mol. The average Bonchev–Trinajstić information content (AvgIpc) is 3.18. The van der Waals surface area contributed by atoms with Crippen molar-refractivity contribution >= 4 is 11.9 Å². The Bertz CT molecular complexity index is 593. The number of amides is 1. The molecule has 4 aliphatic carbocycles. The number of hydrogen-bond acceptors (Lipinski definition) is 3. The number of rotatable bonds is 9. The molecular formula is C23H37NO4. The van der Waals surface area contributed by atoms with Crippen molar-refractivity contribution in [2.45, 2.75) is 90.2 Å². The fourth-order valence-corrected chi connectivity index (χ4v) is 5.94. The molecule has 3 N–H and O–H groups in total. The molecule has 2 bridgehead atoms. The van der Waals surface area contributed by atoms with Gasteiger partial charge >= 0.3 is 5.97 Å². The van der Waals surface area contributed by atoms with Crippen molar-refractivity contribution in [3.05, 3.63) is 12.2 Å². The lowest BCUT2D eigenvalue weighted by atomic mass is 9.44. The molecule has 4 saturated carbocycles. The number of fused-ring (bicyclic) bond motifs is 2. The first-order chi connectivity index (χ1) is 13.3. The molecule has 0 heterocycles. The molecule has 28 heavy (non-hydrogen) atoms. The molecule has 5 nitrogen and oxygen atoms in total. The first kappa shape index (κ1) is 21.4. The Labute approximate surface area is 169 Å². The van der Waals surface area contributed by atoms with E-state index in [1.165, 1.54) is 6.42 Å². The third kappa shape index (κ3) is 4.61. The van der Waals surface area contributed by atoms with E-state index in [1.807, 2.05) is 0 Å². The maximum atomic E-state index is 12.7. The molecule has 4 aliphatic rings. The van der Waals surface area contributed by atoms with Crippen LogP contribution in [0.5, 0.6) is 0 Å². The molecule has 158 valence electrons. The van der Waals surface area contributed by atoms with Crippen molar-refractivity contribution < 1.29 is 19.8 Å². The standard InChI is InChI=1S/C23H37NO4/c1-23(2)16-13-18(23)17(11-5-3-4-6-12-20(25)26)19(14-16)24-22(28)21(27)15-9-7-8-10-15/h3,5,15-19,21,27H,4,6-14H2,1-2H3,(H,24,28)(H,25,26)/t16-,17+,18+,19+,21-/m0/s1. The average molecular weight is 392 g/mol. The highest BCUT2D eigenvalue weighted by atomic mass is 16.4. The van der Waals surface area contributed by atoms with Crippen molar-refractivity contribution in [3.63, 3.8) is 0 Å². The van der Waals surface area contributed by atoms with E-state index in [0.29, 0.717) is 29.6 Å². The van der Waals surface area contributed by atoms with Gasteiger partial charge in [-0.1, -0.05) is 38.8 Å². The van der Waals surface area contributed by atoms with E-state index in [-0.39, 0.29) is 24.3 Å². The summed E-state index contributed by atoms with van der Waals surface area (Å²) in [4.78, 5) is 23.3. The van der Waals surface area contributed by atoms with E-state index in [9.17, 15) is 14.7 Å². The van der Waals surface area contributed by atoms with E-state index in [1.54, 1.807) is 0 Å². The Hall–Kier alpha value is -1.36. The van der Waals surface area contributed by atoms with Gasteiger partial charge in [-0.3, -0.25) is 9.59 Å². The Balaban J connectivity index is 1.56. The molecule has 5 atom stereocenters. The minimum Gasteiger partial charge on any atom is -0.481 e. The number of allylic oxidation sites excluding steroid dienone is 2. The highest BCUT2D eigenvalue weighted by molar-refractivity contribution is 5.81. The Kier molecular flexibility index (Phi) is 6.85. The quantitative estimate of drug-likeness (QED) is 0.411. The zero-order valence-electron chi connectivity index (χ0n) is 17.4. The van der Waals surface area contributed by atoms with Crippen LogP contribution in [0.4, 0.5) is 0 Å². The number of carboxylic acids is 1. The fourth-order valence-electron chi connectivity index (χ4n) is 5.94. The summed E-state index contributed by atoms with van der Waals surface area (Å²) in [7, 11) is 0. The summed E-state index contributed by atoms with van der Waals surface area (Å²) < 4.78 is 0. The van der Waals surface area contributed by atoms with Crippen molar-refractivity contribution in [2.75, 3.05) is 0 Å². The highest BCUT2D eigenvalue weighted by Crippen LogP contribution is 2.62. The second kappa shape index (κ2) is 8.98. The second-order valence-electron chi connectivity index (χ2n) is 9.86. The SMILES string of the molecule is CC1(C)[C@H]2C[C@@H]1[C@@H](CC=CCCCC(=O)O)[C@H](NC(=O)[C@@H](O)C1CCCC1)C2. The first-order valence-electron chi connectivity index (χ1n) is 11.2. The van der Waals surface area contributed by atoms with Gasteiger partial charge in [0.05, 0.1) is 0 Å². The van der Waals surface area contributed by atoms with Gasteiger partial charge in [-0.05, 0) is 74.0 Å². The number of carboxylic acid groups (broad SMARTS) is 1. The van der Waals surface area contributed by atoms with E-state index in [4.69, 9.17) is 5.11 Å². The minimum atomic E-state index is -0.860. The number of nitrogens with one attached hydrogen (secondary N) is 1. The number of carbonyl (C=O) groups excluding carboxylic acids is 1. The molecule has 1 amide bonds. The number of hydrogen-bond donors (Lipinski definition) is 3. The van der Waals surface area contributed by atoms with Crippen molar-refractivity contribution in [1.29, 1.82) is 0 Å². The molecular weight excluding hydrogens is 354 g/mol. The van der Waals surface area contributed by atoms with Crippen molar-refractivity contribution in [2.24, 2.45) is 29.1 Å². The molecule has 5 heteroatoms. The van der Waals surface area contributed by atoms with Crippen LogP contribution in [0.15, 0.2) is 12.2 Å². The fraction of sp³-hybridized carbons (Fsp3) is 0.826. The molecule has 4 fully saturated rings. The lowest BCUT2D eigenvalue weighted by Crippen LogP contribution is -2.62. The third-order valence-electron chi connectivity index (χ3n) is 7.90. The van der Waals surface area contributed by atoms with Gasteiger partial charge in [0.1, 0.15) is 6.10 Å². The van der Waals surface area contributed by atoms with Gasteiger partial charge in [0.15, 0.2) is 0 Å². The summed E-state index contributed by atoms with van der Waals surface area (Å²) in [6, 6.07) is 0.143. The van der Waals surface area contributed by atoms with E-state index in [2.05, 4.69) is 31.3 Å². The first-order valence-corrected chi connectivity index (χ1v) is 11.2. The van der Waals surface area contributed by atoms with Crippen LogP contribution in [0, 0.1) is 29.1 Å². The smallest absolute Gasteiger partial charge is 0.303 e. The lowest BCUT2D eigenvalue weighted by molar-refractivity contribution is -0.143. The van der Waals surface area contributed by atoms with Crippen molar-refractivity contribution in [3.8, 4) is 0 Å². The number of aliphatic hydroxyl groups is 1. The molecule has 0 aromatic heterocycles. The van der Waals surface area contributed by atoms with Gasteiger partial charge in [-0.15, -0.1) is 0 Å². The minimum absolute atomic E-state index is 0.127. The van der Waals surface area contributed by atoms with Gasteiger partial charge in [0.2, 0.25) is 5.91 Å². The molecule has 4 rings (SSSR count). The highest BCUT2D eigenvalue weighted by Gasteiger charge is 2.57. The number of carbonyl (C=O) groups is 2. The number of aliphatic hydroxyl groups excluding tert-OH is 1. The van der Waals surface area contributed by atoms with Gasteiger partial charge in [0, 0.05) is 12.5 Å².